The molecule has 1 unspecified atom stereocenters. The number of carbonyl (C=O) groups excluding carboxylic acids is 3. The molecule has 5 rings (SSSR count). The summed E-state index contributed by atoms with van der Waals surface area (Å²) in [6.45, 7) is 6.34. The fourth-order valence-corrected chi connectivity index (χ4v) is 4.56. The van der Waals surface area contributed by atoms with Crippen LogP contribution in [0.1, 0.15) is 22.3 Å². The lowest BCUT2D eigenvalue weighted by atomic mass is 10.2. The van der Waals surface area contributed by atoms with Crippen molar-refractivity contribution in [3.63, 3.8) is 0 Å². The summed E-state index contributed by atoms with van der Waals surface area (Å²) in [5, 5.41) is 0. The molecule has 3 aliphatic rings. The summed E-state index contributed by atoms with van der Waals surface area (Å²) in [4.78, 5) is 48.8. The number of aryl methyl sites for hydroxylation is 1. The minimum Gasteiger partial charge on any atom is -0.459 e. The van der Waals surface area contributed by atoms with E-state index in [0.717, 1.165) is 30.2 Å². The van der Waals surface area contributed by atoms with Gasteiger partial charge >= 0.3 is 12.0 Å². The van der Waals surface area contributed by atoms with Gasteiger partial charge in [-0.2, -0.15) is 0 Å². The lowest BCUT2D eigenvalue weighted by Crippen LogP contribution is -2.61. The Morgan fingerprint density at radius 1 is 1.16 bits per heavy atom. The van der Waals surface area contributed by atoms with Gasteiger partial charge in [0.25, 0.3) is 11.8 Å². The van der Waals surface area contributed by atoms with Crippen LogP contribution in [0.3, 0.4) is 0 Å². The first-order valence-corrected chi connectivity index (χ1v) is 10.7. The van der Waals surface area contributed by atoms with Crippen LogP contribution < -0.4 is 4.57 Å². The molecule has 11 heteroatoms. The number of likely N-dealkylation sites (N-methyl/N-ethyl adjacent to an activating group) is 2. The second-order valence-electron chi connectivity index (χ2n) is 8.35. The van der Waals surface area contributed by atoms with Crippen LogP contribution in [0.5, 0.6) is 0 Å². The van der Waals surface area contributed by atoms with Crippen LogP contribution in [0.15, 0.2) is 34.0 Å². The number of amidine groups is 1. The third kappa shape index (κ3) is 3.11. The molecule has 4 amide bonds. The van der Waals surface area contributed by atoms with Gasteiger partial charge in [-0.15, -0.1) is 0 Å². The van der Waals surface area contributed by atoms with E-state index in [1.54, 1.807) is 19.2 Å². The van der Waals surface area contributed by atoms with E-state index >= 15 is 0 Å². The lowest BCUT2D eigenvalue weighted by molar-refractivity contribution is -0.677. The SMILES string of the molecule is Cc1c[n+]2c(n1CCN1CCN(C(=O)c3ccco3)CC1)N=C1C2C(=O)N(C)C(=O)N1C. The largest absolute Gasteiger partial charge is 0.459 e. The molecule has 2 saturated heterocycles. The van der Waals surface area contributed by atoms with Crippen LogP contribution in [-0.2, 0) is 11.3 Å². The Bertz CT molecular complexity index is 1110. The minimum absolute atomic E-state index is 0.0724. The van der Waals surface area contributed by atoms with Crippen molar-refractivity contribution >= 4 is 29.6 Å². The Kier molecular flexibility index (Phi) is 4.85. The van der Waals surface area contributed by atoms with E-state index in [-0.39, 0.29) is 17.8 Å². The van der Waals surface area contributed by atoms with Gasteiger partial charge in [0, 0.05) is 46.8 Å². The van der Waals surface area contributed by atoms with Crippen molar-refractivity contribution < 1.29 is 23.4 Å². The van der Waals surface area contributed by atoms with Crippen molar-refractivity contribution in [2.45, 2.75) is 19.5 Å². The third-order valence-corrected chi connectivity index (χ3v) is 6.47. The molecule has 2 aromatic rings. The van der Waals surface area contributed by atoms with Crippen LogP contribution >= 0.6 is 0 Å². The fraction of sp³-hybridized carbons (Fsp3) is 0.476. The number of carbonyl (C=O) groups is 3. The first-order chi connectivity index (χ1) is 15.4. The zero-order valence-electron chi connectivity index (χ0n) is 18.4. The number of amides is 4. The number of hydrogen-bond acceptors (Lipinski definition) is 6. The molecule has 0 aliphatic carbocycles. The molecule has 2 aromatic heterocycles. The number of aromatic nitrogens is 2. The molecule has 2 fully saturated rings. The molecule has 168 valence electrons. The summed E-state index contributed by atoms with van der Waals surface area (Å²) in [5.74, 6) is 1.17. The second kappa shape index (κ2) is 7.59. The van der Waals surface area contributed by atoms with Gasteiger partial charge in [-0.1, -0.05) is 4.99 Å². The number of nitrogens with zero attached hydrogens (tertiary/aromatic N) is 7. The molecule has 3 aliphatic heterocycles. The van der Waals surface area contributed by atoms with Crippen molar-refractivity contribution in [3.8, 4) is 0 Å². The number of urea groups is 1. The van der Waals surface area contributed by atoms with Gasteiger partial charge < -0.3 is 9.32 Å². The second-order valence-corrected chi connectivity index (χ2v) is 8.35. The monoisotopic (exact) mass is 440 g/mol. The van der Waals surface area contributed by atoms with Gasteiger partial charge in [0.05, 0.1) is 12.8 Å². The topological polar surface area (TPSA) is 98.5 Å². The molecule has 32 heavy (non-hydrogen) atoms. The maximum Gasteiger partial charge on any atom is 0.401 e. The van der Waals surface area contributed by atoms with Crippen LogP contribution in [0.2, 0.25) is 0 Å². The van der Waals surface area contributed by atoms with E-state index in [9.17, 15) is 14.4 Å². The Morgan fingerprint density at radius 3 is 2.59 bits per heavy atom. The number of piperazine rings is 1. The standard InChI is InChI=1S/C21H26N7O4/c1-14-13-28-16-17(23(2)21(31)24(3)19(16)30)22-20(28)27(14)11-8-25-6-9-26(10-7-25)18(29)15-5-4-12-32-15/h4-5,12-13,16H,6-11H2,1-3H3/q+1. The van der Waals surface area contributed by atoms with Crippen LogP contribution in [0, 0.1) is 6.92 Å². The summed E-state index contributed by atoms with van der Waals surface area (Å²) in [6, 6.07) is 2.43. The van der Waals surface area contributed by atoms with E-state index in [1.165, 1.54) is 18.2 Å². The Balaban J connectivity index is 1.26. The molecular formula is C21H26N7O4+. The number of furan rings is 1. The van der Waals surface area contributed by atoms with Crippen LogP contribution in [0.25, 0.3) is 0 Å². The highest BCUT2D eigenvalue weighted by Crippen LogP contribution is 2.28. The van der Waals surface area contributed by atoms with Crippen molar-refractivity contribution in [2.24, 2.45) is 4.99 Å². The zero-order valence-corrected chi connectivity index (χ0v) is 18.4. The molecule has 0 radical (unpaired) electrons. The molecule has 0 spiro atoms. The van der Waals surface area contributed by atoms with Crippen molar-refractivity contribution in [3.05, 3.63) is 36.0 Å². The number of fused-ring (bicyclic) bond motifs is 3. The number of hydrogen-bond donors (Lipinski definition) is 0. The molecule has 5 heterocycles. The number of aliphatic imine (C=N–C) groups is 1. The minimum atomic E-state index is -0.603. The van der Waals surface area contributed by atoms with Gasteiger partial charge in [-0.3, -0.25) is 24.3 Å². The first kappa shape index (κ1) is 20.4. The van der Waals surface area contributed by atoms with E-state index in [4.69, 9.17) is 4.42 Å². The molecule has 0 bridgehead atoms. The molecule has 1 atom stereocenters. The van der Waals surface area contributed by atoms with E-state index in [0.29, 0.717) is 37.2 Å². The number of imide groups is 1. The maximum atomic E-state index is 12.7. The Morgan fingerprint density at radius 2 is 1.91 bits per heavy atom. The highest BCUT2D eigenvalue weighted by molar-refractivity contribution is 6.18. The number of imidazole rings is 1. The molecule has 0 aromatic carbocycles. The fourth-order valence-electron chi connectivity index (χ4n) is 4.56. The average molecular weight is 440 g/mol. The quantitative estimate of drug-likeness (QED) is 0.635. The summed E-state index contributed by atoms with van der Waals surface area (Å²) < 4.78 is 9.16. The van der Waals surface area contributed by atoms with E-state index in [1.807, 2.05) is 22.6 Å². The molecule has 11 nitrogen and oxygen atoms in total. The predicted octanol–water partition coefficient (Wildman–Crippen LogP) is 0.244. The summed E-state index contributed by atoms with van der Waals surface area (Å²) in [6.07, 6.45) is 3.43. The number of rotatable bonds is 4. The Labute approximate surface area is 185 Å². The van der Waals surface area contributed by atoms with Gasteiger partial charge in [0.2, 0.25) is 11.9 Å². The maximum absolute atomic E-state index is 12.7. The van der Waals surface area contributed by atoms with Crippen molar-refractivity contribution in [1.29, 1.82) is 0 Å². The average Bonchev–Trinajstić information content (AvgIpc) is 3.51. The van der Waals surface area contributed by atoms with Crippen LogP contribution in [-0.4, -0.2) is 94.7 Å². The van der Waals surface area contributed by atoms with E-state index < -0.39 is 6.04 Å². The summed E-state index contributed by atoms with van der Waals surface area (Å²) in [7, 11) is 3.14. The molecule has 0 N–H and O–H groups in total. The summed E-state index contributed by atoms with van der Waals surface area (Å²) >= 11 is 0. The first-order valence-electron chi connectivity index (χ1n) is 10.7. The zero-order chi connectivity index (χ0) is 22.6. The Hall–Kier alpha value is -3.47. The lowest BCUT2D eigenvalue weighted by Gasteiger charge is -2.34. The van der Waals surface area contributed by atoms with E-state index in [2.05, 4.69) is 14.5 Å². The molecular weight excluding hydrogens is 414 g/mol. The highest BCUT2D eigenvalue weighted by atomic mass is 16.3. The highest BCUT2D eigenvalue weighted by Gasteiger charge is 2.52. The summed E-state index contributed by atoms with van der Waals surface area (Å²) in [5.41, 5.74) is 1.00. The van der Waals surface area contributed by atoms with Crippen molar-refractivity contribution in [2.75, 3.05) is 46.8 Å². The van der Waals surface area contributed by atoms with Gasteiger partial charge in [0.15, 0.2) is 5.76 Å². The normalized spacial score (nSPS) is 21.2. The molecule has 0 saturated carbocycles. The predicted molar refractivity (Wildman–Crippen MR) is 112 cm³/mol. The van der Waals surface area contributed by atoms with Gasteiger partial charge in [-0.25, -0.2) is 13.9 Å². The van der Waals surface area contributed by atoms with Crippen LogP contribution in [0.4, 0.5) is 10.7 Å². The van der Waals surface area contributed by atoms with Gasteiger partial charge in [0.1, 0.15) is 11.9 Å². The third-order valence-electron chi connectivity index (χ3n) is 6.47. The van der Waals surface area contributed by atoms with Crippen molar-refractivity contribution in [1.82, 2.24) is 24.2 Å². The van der Waals surface area contributed by atoms with Gasteiger partial charge in [-0.05, 0) is 19.1 Å². The smallest absolute Gasteiger partial charge is 0.401 e.